The Bertz CT molecular complexity index is 366. The van der Waals surface area contributed by atoms with Crippen molar-refractivity contribution in [2.45, 2.75) is 19.4 Å². The number of nitrogens with one attached hydrogen (secondary N) is 1. The summed E-state index contributed by atoms with van der Waals surface area (Å²) in [5.74, 6) is 0.499. The van der Waals surface area contributed by atoms with Gasteiger partial charge in [0.25, 0.3) is 0 Å². The highest BCUT2D eigenvalue weighted by atomic mass is 79.9. The lowest BCUT2D eigenvalue weighted by Crippen LogP contribution is -2.27. The fourth-order valence-corrected chi connectivity index (χ4v) is 2.27. The van der Waals surface area contributed by atoms with E-state index in [0.717, 1.165) is 44.7 Å². The molecule has 1 aromatic rings. The summed E-state index contributed by atoms with van der Waals surface area (Å²) in [4.78, 5) is 0. The fraction of sp³-hybridized carbons (Fsp3) is 0.538. The Labute approximate surface area is 110 Å². The zero-order chi connectivity index (χ0) is 12.1. The molecule has 1 aliphatic rings. The van der Waals surface area contributed by atoms with E-state index in [9.17, 15) is 4.39 Å². The van der Waals surface area contributed by atoms with Crippen molar-refractivity contribution in [3.05, 3.63) is 34.1 Å². The van der Waals surface area contributed by atoms with Gasteiger partial charge in [0.1, 0.15) is 5.82 Å². The Morgan fingerprint density at radius 3 is 2.82 bits per heavy atom. The molecule has 0 saturated carbocycles. The summed E-state index contributed by atoms with van der Waals surface area (Å²) >= 11 is 3.15. The lowest BCUT2D eigenvalue weighted by Gasteiger charge is -2.22. The maximum atomic E-state index is 13.3. The lowest BCUT2D eigenvalue weighted by atomic mass is 10.0. The van der Waals surface area contributed by atoms with Gasteiger partial charge in [0.15, 0.2) is 0 Å². The van der Waals surface area contributed by atoms with Crippen LogP contribution in [0.25, 0.3) is 0 Å². The van der Waals surface area contributed by atoms with Crippen LogP contribution < -0.4 is 5.32 Å². The molecule has 0 bridgehead atoms. The number of benzene rings is 1. The summed E-state index contributed by atoms with van der Waals surface area (Å²) in [5.41, 5.74) is 0.984. The summed E-state index contributed by atoms with van der Waals surface area (Å²) in [6.07, 6.45) is 2.25. The Morgan fingerprint density at radius 2 is 2.12 bits per heavy atom. The quantitative estimate of drug-likeness (QED) is 0.923. The minimum Gasteiger partial charge on any atom is -0.381 e. The first kappa shape index (κ1) is 13.0. The Kier molecular flexibility index (Phi) is 4.95. The summed E-state index contributed by atoms with van der Waals surface area (Å²) in [6, 6.07) is 5.26. The second-order valence-corrected chi connectivity index (χ2v) is 5.29. The predicted octanol–water partition coefficient (Wildman–Crippen LogP) is 3.10. The van der Waals surface area contributed by atoms with E-state index in [2.05, 4.69) is 21.2 Å². The molecule has 0 amide bonds. The number of ether oxygens (including phenoxy) is 1. The van der Waals surface area contributed by atoms with Gasteiger partial charge in [-0.05, 0) is 58.9 Å². The topological polar surface area (TPSA) is 21.3 Å². The van der Waals surface area contributed by atoms with Crippen molar-refractivity contribution in [3.63, 3.8) is 0 Å². The minimum atomic E-state index is -0.199. The second kappa shape index (κ2) is 6.47. The standard InChI is InChI=1S/C13H17BrFNO/c14-12-2-1-11(7-13(12)15)9-16-8-10-3-5-17-6-4-10/h1-2,7,10,16H,3-6,8-9H2. The molecule has 1 aromatic carbocycles. The lowest BCUT2D eigenvalue weighted by molar-refractivity contribution is 0.0662. The maximum absolute atomic E-state index is 13.3. The van der Waals surface area contributed by atoms with Crippen LogP contribution in [0.2, 0.25) is 0 Å². The van der Waals surface area contributed by atoms with E-state index in [1.807, 2.05) is 6.07 Å². The molecule has 0 spiro atoms. The highest BCUT2D eigenvalue weighted by Crippen LogP contribution is 2.17. The Balaban J connectivity index is 1.75. The molecule has 1 saturated heterocycles. The molecule has 2 rings (SSSR count). The third kappa shape index (κ3) is 4.05. The second-order valence-electron chi connectivity index (χ2n) is 4.44. The van der Waals surface area contributed by atoms with Crippen molar-refractivity contribution < 1.29 is 9.13 Å². The average Bonchev–Trinajstić information content (AvgIpc) is 2.35. The van der Waals surface area contributed by atoms with Crippen LogP contribution in [0.1, 0.15) is 18.4 Å². The highest BCUT2D eigenvalue weighted by molar-refractivity contribution is 9.10. The molecule has 0 radical (unpaired) electrons. The average molecular weight is 302 g/mol. The fourth-order valence-electron chi connectivity index (χ4n) is 2.02. The van der Waals surface area contributed by atoms with Gasteiger partial charge in [-0.25, -0.2) is 4.39 Å². The highest BCUT2D eigenvalue weighted by Gasteiger charge is 2.12. The van der Waals surface area contributed by atoms with E-state index in [0.29, 0.717) is 10.4 Å². The first-order chi connectivity index (χ1) is 8.25. The predicted molar refractivity (Wildman–Crippen MR) is 69.3 cm³/mol. The van der Waals surface area contributed by atoms with Gasteiger partial charge in [0.2, 0.25) is 0 Å². The largest absolute Gasteiger partial charge is 0.381 e. The molecule has 1 N–H and O–H groups in total. The molecule has 17 heavy (non-hydrogen) atoms. The summed E-state index contributed by atoms with van der Waals surface area (Å²) in [6.45, 7) is 3.46. The first-order valence-corrected chi connectivity index (χ1v) is 6.77. The molecule has 2 nitrogen and oxygen atoms in total. The van der Waals surface area contributed by atoms with Gasteiger partial charge >= 0.3 is 0 Å². The van der Waals surface area contributed by atoms with E-state index in [-0.39, 0.29) is 5.82 Å². The van der Waals surface area contributed by atoms with Gasteiger partial charge in [-0.1, -0.05) is 6.07 Å². The van der Waals surface area contributed by atoms with Crippen LogP contribution in [0.4, 0.5) is 4.39 Å². The molecule has 1 heterocycles. The summed E-state index contributed by atoms with van der Waals surface area (Å²) in [7, 11) is 0. The van der Waals surface area contributed by atoms with Gasteiger partial charge < -0.3 is 10.1 Å². The molecule has 1 fully saturated rings. The summed E-state index contributed by atoms with van der Waals surface area (Å²) < 4.78 is 19.1. The Hall–Kier alpha value is -0.450. The molecule has 4 heteroatoms. The van der Waals surface area contributed by atoms with Gasteiger partial charge in [-0.3, -0.25) is 0 Å². The molecule has 0 atom stereocenters. The van der Waals surface area contributed by atoms with E-state index >= 15 is 0 Å². The normalized spacial score (nSPS) is 17.3. The van der Waals surface area contributed by atoms with Crippen LogP contribution in [0.3, 0.4) is 0 Å². The third-order valence-corrected chi connectivity index (χ3v) is 3.73. The van der Waals surface area contributed by atoms with Crippen LogP contribution in [-0.4, -0.2) is 19.8 Å². The van der Waals surface area contributed by atoms with Crippen molar-refractivity contribution in [2.24, 2.45) is 5.92 Å². The smallest absolute Gasteiger partial charge is 0.137 e. The van der Waals surface area contributed by atoms with Crippen molar-refractivity contribution in [1.29, 1.82) is 0 Å². The van der Waals surface area contributed by atoms with Crippen molar-refractivity contribution in [2.75, 3.05) is 19.8 Å². The SMILES string of the molecule is Fc1cc(CNCC2CCOCC2)ccc1Br. The molecule has 0 unspecified atom stereocenters. The van der Waals surface area contributed by atoms with Gasteiger partial charge in [0.05, 0.1) is 4.47 Å². The molecular weight excluding hydrogens is 285 g/mol. The zero-order valence-electron chi connectivity index (χ0n) is 9.72. The van der Waals surface area contributed by atoms with E-state index < -0.39 is 0 Å². The van der Waals surface area contributed by atoms with Crippen LogP contribution in [0.15, 0.2) is 22.7 Å². The molecular formula is C13H17BrFNO. The molecule has 94 valence electrons. The van der Waals surface area contributed by atoms with Crippen LogP contribution in [0, 0.1) is 11.7 Å². The maximum Gasteiger partial charge on any atom is 0.137 e. The van der Waals surface area contributed by atoms with Crippen LogP contribution in [0.5, 0.6) is 0 Å². The molecule has 0 aliphatic carbocycles. The monoisotopic (exact) mass is 301 g/mol. The number of hydrogen-bond donors (Lipinski definition) is 1. The third-order valence-electron chi connectivity index (χ3n) is 3.09. The number of hydrogen-bond acceptors (Lipinski definition) is 2. The van der Waals surface area contributed by atoms with Gasteiger partial charge in [-0.15, -0.1) is 0 Å². The number of rotatable bonds is 4. The number of halogens is 2. The van der Waals surface area contributed by atoms with E-state index in [1.54, 1.807) is 12.1 Å². The van der Waals surface area contributed by atoms with Gasteiger partial charge in [0, 0.05) is 19.8 Å². The van der Waals surface area contributed by atoms with E-state index in [1.165, 1.54) is 0 Å². The van der Waals surface area contributed by atoms with Crippen LogP contribution >= 0.6 is 15.9 Å². The molecule has 0 aromatic heterocycles. The van der Waals surface area contributed by atoms with Crippen LogP contribution in [-0.2, 0) is 11.3 Å². The Morgan fingerprint density at radius 1 is 1.35 bits per heavy atom. The van der Waals surface area contributed by atoms with Crippen molar-refractivity contribution in [3.8, 4) is 0 Å². The van der Waals surface area contributed by atoms with E-state index in [4.69, 9.17) is 4.74 Å². The zero-order valence-corrected chi connectivity index (χ0v) is 11.3. The molecule has 1 aliphatic heterocycles. The van der Waals surface area contributed by atoms with Gasteiger partial charge in [-0.2, -0.15) is 0 Å². The summed E-state index contributed by atoms with van der Waals surface area (Å²) in [5, 5.41) is 3.38. The first-order valence-electron chi connectivity index (χ1n) is 5.98. The van der Waals surface area contributed by atoms with Crippen molar-refractivity contribution in [1.82, 2.24) is 5.32 Å². The minimum absolute atomic E-state index is 0.199. The van der Waals surface area contributed by atoms with Crippen molar-refractivity contribution >= 4 is 15.9 Å².